The SMILES string of the molecule is CCN1CCN(S(=O)(=O)c2ccc(Cl)c(C(=O)Nc3ccc(C)c(Cl)c3)c2)CC1. The van der Waals surface area contributed by atoms with Crippen molar-refractivity contribution in [3.05, 3.63) is 57.6 Å². The van der Waals surface area contributed by atoms with Crippen LogP contribution in [0.4, 0.5) is 5.69 Å². The van der Waals surface area contributed by atoms with Gasteiger partial charge in [-0.25, -0.2) is 8.42 Å². The molecule has 1 aliphatic heterocycles. The van der Waals surface area contributed by atoms with E-state index >= 15 is 0 Å². The van der Waals surface area contributed by atoms with Crippen molar-refractivity contribution in [3.8, 4) is 0 Å². The molecule has 0 spiro atoms. The van der Waals surface area contributed by atoms with Gasteiger partial charge in [0.2, 0.25) is 10.0 Å². The third-order valence-electron chi connectivity index (χ3n) is 5.03. The van der Waals surface area contributed by atoms with Crippen LogP contribution in [-0.2, 0) is 10.0 Å². The zero-order chi connectivity index (χ0) is 21.2. The summed E-state index contributed by atoms with van der Waals surface area (Å²) < 4.78 is 27.5. The van der Waals surface area contributed by atoms with E-state index < -0.39 is 15.9 Å². The highest BCUT2D eigenvalue weighted by Gasteiger charge is 2.29. The monoisotopic (exact) mass is 455 g/mol. The van der Waals surface area contributed by atoms with Gasteiger partial charge in [0.15, 0.2) is 0 Å². The minimum atomic E-state index is -3.70. The number of carbonyl (C=O) groups excluding carboxylic acids is 1. The Morgan fingerprint density at radius 2 is 1.72 bits per heavy atom. The van der Waals surface area contributed by atoms with E-state index in [9.17, 15) is 13.2 Å². The van der Waals surface area contributed by atoms with E-state index in [0.717, 1.165) is 12.1 Å². The van der Waals surface area contributed by atoms with Gasteiger partial charge in [-0.1, -0.05) is 36.2 Å². The number of carbonyl (C=O) groups is 1. The van der Waals surface area contributed by atoms with Crippen LogP contribution in [-0.4, -0.2) is 56.3 Å². The van der Waals surface area contributed by atoms with Gasteiger partial charge in [0.25, 0.3) is 5.91 Å². The van der Waals surface area contributed by atoms with E-state index in [0.29, 0.717) is 36.9 Å². The number of rotatable bonds is 5. The Labute approximate surface area is 181 Å². The molecule has 2 aromatic carbocycles. The Kier molecular flexibility index (Phi) is 6.86. The third-order valence-corrected chi connectivity index (χ3v) is 7.66. The van der Waals surface area contributed by atoms with Gasteiger partial charge >= 0.3 is 0 Å². The minimum Gasteiger partial charge on any atom is -0.322 e. The molecular weight excluding hydrogens is 433 g/mol. The first-order chi connectivity index (χ1) is 13.7. The van der Waals surface area contributed by atoms with Crippen LogP contribution >= 0.6 is 23.2 Å². The van der Waals surface area contributed by atoms with Gasteiger partial charge < -0.3 is 10.2 Å². The maximum Gasteiger partial charge on any atom is 0.257 e. The van der Waals surface area contributed by atoms with Gasteiger partial charge in [-0.05, 0) is 49.4 Å². The quantitative estimate of drug-likeness (QED) is 0.742. The normalized spacial score (nSPS) is 16.0. The number of benzene rings is 2. The lowest BCUT2D eigenvalue weighted by molar-refractivity contribution is 0.102. The maximum atomic E-state index is 13.0. The molecule has 156 valence electrons. The van der Waals surface area contributed by atoms with Crippen molar-refractivity contribution in [2.75, 3.05) is 38.0 Å². The summed E-state index contributed by atoms with van der Waals surface area (Å²) in [6.07, 6.45) is 0. The molecule has 0 bridgehead atoms. The van der Waals surface area contributed by atoms with E-state index in [1.54, 1.807) is 18.2 Å². The fraction of sp³-hybridized carbons (Fsp3) is 0.350. The van der Waals surface area contributed by atoms with Crippen LogP contribution in [0.1, 0.15) is 22.8 Å². The predicted molar refractivity (Wildman–Crippen MR) is 116 cm³/mol. The maximum absolute atomic E-state index is 13.0. The molecule has 9 heteroatoms. The molecular formula is C20H23Cl2N3O3S. The largest absolute Gasteiger partial charge is 0.322 e. The van der Waals surface area contributed by atoms with Crippen molar-refractivity contribution in [2.45, 2.75) is 18.7 Å². The first-order valence-electron chi connectivity index (χ1n) is 9.32. The van der Waals surface area contributed by atoms with Crippen LogP contribution in [0, 0.1) is 6.92 Å². The summed E-state index contributed by atoms with van der Waals surface area (Å²) in [6.45, 7) is 7.01. The molecule has 29 heavy (non-hydrogen) atoms. The molecule has 0 unspecified atom stereocenters. The van der Waals surface area contributed by atoms with Crippen molar-refractivity contribution >= 4 is 44.8 Å². The van der Waals surface area contributed by atoms with Crippen LogP contribution in [0.15, 0.2) is 41.3 Å². The number of piperazine rings is 1. The number of anilines is 1. The smallest absolute Gasteiger partial charge is 0.257 e. The highest BCUT2D eigenvalue weighted by atomic mass is 35.5. The zero-order valence-corrected chi connectivity index (χ0v) is 18.6. The average Bonchev–Trinajstić information content (AvgIpc) is 2.71. The number of nitrogens with one attached hydrogen (secondary N) is 1. The number of nitrogens with zero attached hydrogens (tertiary/aromatic N) is 2. The van der Waals surface area contributed by atoms with Crippen molar-refractivity contribution < 1.29 is 13.2 Å². The van der Waals surface area contributed by atoms with Gasteiger partial charge in [-0.2, -0.15) is 4.31 Å². The number of likely N-dealkylation sites (N-methyl/N-ethyl adjacent to an activating group) is 1. The molecule has 0 radical (unpaired) electrons. The standard InChI is InChI=1S/C20H23Cl2N3O3S/c1-3-24-8-10-25(11-9-24)29(27,28)16-6-7-18(21)17(13-16)20(26)23-15-5-4-14(2)19(22)12-15/h4-7,12-13H,3,8-11H2,1-2H3,(H,23,26). The van der Waals surface area contributed by atoms with Crippen LogP contribution in [0.25, 0.3) is 0 Å². The minimum absolute atomic E-state index is 0.0546. The lowest BCUT2D eigenvalue weighted by Crippen LogP contribution is -2.48. The number of sulfonamides is 1. The summed E-state index contributed by atoms with van der Waals surface area (Å²) in [7, 11) is -3.70. The van der Waals surface area contributed by atoms with Gasteiger partial charge in [-0.3, -0.25) is 4.79 Å². The van der Waals surface area contributed by atoms with Crippen molar-refractivity contribution in [3.63, 3.8) is 0 Å². The Balaban J connectivity index is 1.83. The van der Waals surface area contributed by atoms with Gasteiger partial charge in [0.1, 0.15) is 0 Å². The predicted octanol–water partition coefficient (Wildman–Crippen LogP) is 3.88. The van der Waals surface area contributed by atoms with Crippen LogP contribution in [0.2, 0.25) is 10.0 Å². The molecule has 1 amide bonds. The molecule has 2 aromatic rings. The Bertz CT molecular complexity index is 1020. The van der Waals surface area contributed by atoms with Gasteiger partial charge in [0.05, 0.1) is 15.5 Å². The number of halogens is 2. The Morgan fingerprint density at radius 1 is 1.03 bits per heavy atom. The summed E-state index contributed by atoms with van der Waals surface area (Å²) >= 11 is 12.3. The topological polar surface area (TPSA) is 69.7 Å². The first-order valence-corrected chi connectivity index (χ1v) is 11.5. The zero-order valence-electron chi connectivity index (χ0n) is 16.3. The molecule has 1 saturated heterocycles. The molecule has 3 rings (SSSR count). The number of hydrogen-bond acceptors (Lipinski definition) is 4. The number of amides is 1. The summed E-state index contributed by atoms with van der Waals surface area (Å²) in [4.78, 5) is 15.0. The van der Waals surface area contributed by atoms with Crippen LogP contribution < -0.4 is 5.32 Å². The van der Waals surface area contributed by atoms with E-state index in [-0.39, 0.29) is 15.5 Å². The second-order valence-corrected chi connectivity index (χ2v) is 9.65. The second-order valence-electron chi connectivity index (χ2n) is 6.90. The lowest BCUT2D eigenvalue weighted by atomic mass is 10.2. The molecule has 0 atom stereocenters. The summed E-state index contributed by atoms with van der Waals surface area (Å²) in [5, 5.41) is 3.42. The average molecular weight is 456 g/mol. The van der Waals surface area contributed by atoms with Gasteiger partial charge in [-0.15, -0.1) is 0 Å². The van der Waals surface area contributed by atoms with E-state index in [1.807, 2.05) is 6.92 Å². The molecule has 1 fully saturated rings. The van der Waals surface area contributed by atoms with E-state index in [4.69, 9.17) is 23.2 Å². The van der Waals surface area contributed by atoms with E-state index in [2.05, 4.69) is 17.1 Å². The fourth-order valence-corrected chi connectivity index (χ4v) is 4.98. The molecule has 0 saturated carbocycles. The highest BCUT2D eigenvalue weighted by molar-refractivity contribution is 7.89. The molecule has 1 heterocycles. The van der Waals surface area contributed by atoms with Crippen molar-refractivity contribution in [1.29, 1.82) is 0 Å². The molecule has 1 N–H and O–H groups in total. The molecule has 1 aliphatic rings. The van der Waals surface area contributed by atoms with Crippen molar-refractivity contribution in [1.82, 2.24) is 9.21 Å². The number of hydrogen-bond donors (Lipinski definition) is 1. The molecule has 6 nitrogen and oxygen atoms in total. The number of aryl methyl sites for hydroxylation is 1. The fourth-order valence-electron chi connectivity index (χ4n) is 3.14. The van der Waals surface area contributed by atoms with Crippen molar-refractivity contribution in [2.24, 2.45) is 0 Å². The summed E-state index contributed by atoms with van der Waals surface area (Å²) in [6, 6.07) is 9.35. The third kappa shape index (κ3) is 4.92. The molecule has 0 aromatic heterocycles. The van der Waals surface area contributed by atoms with Gasteiger partial charge in [0, 0.05) is 36.9 Å². The Hall–Kier alpha value is -1.64. The Morgan fingerprint density at radius 3 is 2.34 bits per heavy atom. The lowest BCUT2D eigenvalue weighted by Gasteiger charge is -2.33. The molecule has 0 aliphatic carbocycles. The highest BCUT2D eigenvalue weighted by Crippen LogP contribution is 2.26. The summed E-state index contributed by atoms with van der Waals surface area (Å²) in [5.41, 5.74) is 1.49. The second kappa shape index (κ2) is 9.02. The van der Waals surface area contributed by atoms with Crippen LogP contribution in [0.3, 0.4) is 0 Å². The summed E-state index contributed by atoms with van der Waals surface area (Å²) in [5.74, 6) is -0.497. The van der Waals surface area contributed by atoms with Crippen LogP contribution in [0.5, 0.6) is 0 Å². The first kappa shape index (κ1) is 22.1. The van der Waals surface area contributed by atoms with E-state index in [1.165, 1.54) is 22.5 Å².